The molecule has 0 aliphatic rings. The molecule has 0 saturated carbocycles. The lowest BCUT2D eigenvalue weighted by Crippen LogP contribution is -1.85. The van der Waals surface area contributed by atoms with E-state index in [1.54, 1.807) is 0 Å². The van der Waals surface area contributed by atoms with E-state index in [-0.39, 0.29) is 0 Å². The van der Waals surface area contributed by atoms with Crippen molar-refractivity contribution in [3.8, 4) is 0 Å². The van der Waals surface area contributed by atoms with Crippen LogP contribution in [0.3, 0.4) is 0 Å². The molecule has 56 valence electrons. The normalized spacial score (nSPS) is 10.7. The molecule has 2 nitrogen and oxygen atoms in total. The molecule has 0 amide bonds. The number of aromatic nitrogens is 2. The van der Waals surface area contributed by atoms with E-state index >= 15 is 0 Å². The van der Waals surface area contributed by atoms with Crippen LogP contribution in [0, 0.1) is 3.57 Å². The van der Waals surface area contributed by atoms with Crippen LogP contribution in [0.4, 0.5) is 0 Å². The molecule has 11 heavy (non-hydrogen) atoms. The molecule has 2 rings (SSSR count). The van der Waals surface area contributed by atoms with Crippen molar-refractivity contribution in [3.05, 3.63) is 28.2 Å². The summed E-state index contributed by atoms with van der Waals surface area (Å²) in [5.41, 5.74) is 1.19. The number of rotatable bonds is 0. The van der Waals surface area contributed by atoms with E-state index in [1.165, 1.54) is 14.5 Å². The summed E-state index contributed by atoms with van der Waals surface area (Å²) in [5, 5.41) is 1.28. The Labute approximate surface area is 78.4 Å². The first kappa shape index (κ1) is 7.09. The average molecular weight is 258 g/mol. The van der Waals surface area contributed by atoms with E-state index < -0.39 is 0 Å². The third-order valence-corrected chi connectivity index (χ3v) is 2.62. The highest BCUT2D eigenvalue weighted by atomic mass is 127. The summed E-state index contributed by atoms with van der Waals surface area (Å²) in [6.07, 6.45) is 5.81. The summed E-state index contributed by atoms with van der Waals surface area (Å²) in [6, 6.07) is 2.11. The van der Waals surface area contributed by atoms with E-state index in [2.05, 4.69) is 44.4 Å². The minimum absolute atomic E-state index is 1.19. The molecule has 0 fully saturated rings. The zero-order valence-corrected chi connectivity index (χ0v) is 8.24. The first-order valence-electron chi connectivity index (χ1n) is 3.33. The van der Waals surface area contributed by atoms with Crippen LogP contribution in [-0.4, -0.2) is 9.55 Å². The standard InChI is InChI=1S/C8H7IN2/c1-11-3-2-6-7(9)4-10-5-8(6)11/h2-5H,1H3. The number of fused-ring (bicyclic) bond motifs is 1. The second kappa shape index (κ2) is 2.48. The maximum absolute atomic E-state index is 4.12. The Balaban J connectivity index is 2.94. The van der Waals surface area contributed by atoms with E-state index in [1.807, 2.05) is 19.4 Å². The maximum atomic E-state index is 4.12. The molecule has 2 aromatic heterocycles. The van der Waals surface area contributed by atoms with Gasteiger partial charge >= 0.3 is 0 Å². The van der Waals surface area contributed by atoms with Crippen molar-refractivity contribution in [2.75, 3.05) is 0 Å². The number of pyridine rings is 1. The molecule has 0 N–H and O–H groups in total. The Hall–Kier alpha value is -0.580. The first-order chi connectivity index (χ1) is 5.29. The van der Waals surface area contributed by atoms with Crippen molar-refractivity contribution in [3.63, 3.8) is 0 Å². The molecule has 0 spiro atoms. The van der Waals surface area contributed by atoms with Gasteiger partial charge in [-0.15, -0.1) is 0 Å². The van der Waals surface area contributed by atoms with Gasteiger partial charge in [-0.25, -0.2) is 0 Å². The van der Waals surface area contributed by atoms with Gasteiger partial charge in [-0.2, -0.15) is 0 Å². The van der Waals surface area contributed by atoms with E-state index in [0.29, 0.717) is 0 Å². The van der Waals surface area contributed by atoms with E-state index in [4.69, 9.17) is 0 Å². The Bertz CT molecular complexity index is 392. The molecule has 0 aliphatic carbocycles. The molecule has 0 unspecified atom stereocenters. The molecule has 0 atom stereocenters. The molecule has 3 heteroatoms. The fourth-order valence-corrected chi connectivity index (χ4v) is 1.76. The SMILES string of the molecule is Cn1ccc2c(I)cncc21. The summed E-state index contributed by atoms with van der Waals surface area (Å²) in [5.74, 6) is 0. The minimum Gasteiger partial charge on any atom is -0.349 e. The second-order valence-electron chi connectivity index (χ2n) is 2.48. The summed E-state index contributed by atoms with van der Waals surface area (Å²) in [6.45, 7) is 0. The van der Waals surface area contributed by atoms with Gasteiger partial charge < -0.3 is 4.57 Å². The van der Waals surface area contributed by atoms with E-state index in [0.717, 1.165) is 0 Å². The Morgan fingerprint density at radius 3 is 3.00 bits per heavy atom. The van der Waals surface area contributed by atoms with Gasteiger partial charge in [-0.1, -0.05) is 0 Å². The molecule has 0 aromatic carbocycles. The van der Waals surface area contributed by atoms with Crippen molar-refractivity contribution in [1.29, 1.82) is 0 Å². The van der Waals surface area contributed by atoms with Crippen LogP contribution >= 0.6 is 22.6 Å². The van der Waals surface area contributed by atoms with Crippen LogP contribution in [0.5, 0.6) is 0 Å². The van der Waals surface area contributed by atoms with Crippen LogP contribution in [0.25, 0.3) is 10.9 Å². The molecule has 0 aliphatic heterocycles. The van der Waals surface area contributed by atoms with Crippen molar-refractivity contribution in [1.82, 2.24) is 9.55 Å². The van der Waals surface area contributed by atoms with Crippen LogP contribution in [0.2, 0.25) is 0 Å². The van der Waals surface area contributed by atoms with Gasteiger partial charge in [0.1, 0.15) is 0 Å². The minimum atomic E-state index is 1.19. The van der Waals surface area contributed by atoms with Crippen molar-refractivity contribution >= 4 is 33.5 Å². The predicted molar refractivity (Wildman–Crippen MR) is 53.4 cm³/mol. The highest BCUT2D eigenvalue weighted by Gasteiger charge is 1.99. The maximum Gasteiger partial charge on any atom is 0.0674 e. The largest absolute Gasteiger partial charge is 0.349 e. The van der Waals surface area contributed by atoms with Crippen LogP contribution in [0.1, 0.15) is 0 Å². The molecular weight excluding hydrogens is 251 g/mol. The molecule has 0 radical (unpaired) electrons. The fraction of sp³-hybridized carbons (Fsp3) is 0.125. The van der Waals surface area contributed by atoms with Crippen LogP contribution in [-0.2, 0) is 7.05 Å². The Kier molecular flexibility index (Phi) is 1.60. The molecular formula is C8H7IN2. The average Bonchev–Trinajstić information content (AvgIpc) is 2.35. The number of hydrogen-bond acceptors (Lipinski definition) is 1. The molecule has 2 heterocycles. The fourth-order valence-electron chi connectivity index (χ4n) is 1.15. The molecule has 0 saturated heterocycles. The van der Waals surface area contributed by atoms with Crippen molar-refractivity contribution in [2.24, 2.45) is 7.05 Å². The van der Waals surface area contributed by atoms with Crippen LogP contribution < -0.4 is 0 Å². The summed E-state index contributed by atoms with van der Waals surface area (Å²) >= 11 is 2.30. The number of nitrogens with zero attached hydrogens (tertiary/aromatic N) is 2. The lowest BCUT2D eigenvalue weighted by molar-refractivity contribution is 0.965. The number of aryl methyl sites for hydroxylation is 1. The third kappa shape index (κ3) is 1.03. The van der Waals surface area contributed by atoms with Crippen LogP contribution in [0.15, 0.2) is 24.7 Å². The highest BCUT2D eigenvalue weighted by molar-refractivity contribution is 14.1. The third-order valence-electron chi connectivity index (χ3n) is 1.76. The number of hydrogen-bond donors (Lipinski definition) is 0. The lowest BCUT2D eigenvalue weighted by atomic mass is 10.3. The van der Waals surface area contributed by atoms with Gasteiger partial charge in [0.15, 0.2) is 0 Å². The monoisotopic (exact) mass is 258 g/mol. The summed E-state index contributed by atoms with van der Waals surface area (Å²) in [4.78, 5) is 4.12. The van der Waals surface area contributed by atoms with Crippen molar-refractivity contribution < 1.29 is 0 Å². The van der Waals surface area contributed by atoms with Gasteiger partial charge in [-0.05, 0) is 28.7 Å². The summed E-state index contributed by atoms with van der Waals surface area (Å²) < 4.78 is 3.28. The Morgan fingerprint density at radius 2 is 2.27 bits per heavy atom. The topological polar surface area (TPSA) is 17.8 Å². The number of halogens is 1. The highest BCUT2D eigenvalue weighted by Crippen LogP contribution is 2.18. The van der Waals surface area contributed by atoms with E-state index in [9.17, 15) is 0 Å². The first-order valence-corrected chi connectivity index (χ1v) is 4.41. The van der Waals surface area contributed by atoms with Crippen molar-refractivity contribution in [2.45, 2.75) is 0 Å². The molecule has 2 aromatic rings. The van der Waals surface area contributed by atoms with Gasteiger partial charge in [0.2, 0.25) is 0 Å². The lowest BCUT2D eigenvalue weighted by Gasteiger charge is -1.95. The zero-order chi connectivity index (χ0) is 7.84. The summed E-state index contributed by atoms with van der Waals surface area (Å²) in [7, 11) is 2.03. The van der Waals surface area contributed by atoms with Gasteiger partial charge in [0.05, 0.1) is 11.7 Å². The second-order valence-corrected chi connectivity index (χ2v) is 3.64. The Morgan fingerprint density at radius 1 is 1.45 bits per heavy atom. The van der Waals surface area contributed by atoms with Gasteiger partial charge in [0.25, 0.3) is 0 Å². The zero-order valence-electron chi connectivity index (χ0n) is 6.08. The van der Waals surface area contributed by atoms with Gasteiger partial charge in [-0.3, -0.25) is 4.98 Å². The molecule has 0 bridgehead atoms. The smallest absolute Gasteiger partial charge is 0.0674 e. The predicted octanol–water partition coefficient (Wildman–Crippen LogP) is 2.18. The quantitative estimate of drug-likeness (QED) is 0.662. The van der Waals surface area contributed by atoms with Gasteiger partial charge in [0, 0.05) is 28.4 Å².